The molecule has 1 aromatic carbocycles. The first kappa shape index (κ1) is 13.9. The first-order valence-corrected chi connectivity index (χ1v) is 7.41. The van der Waals surface area contributed by atoms with Crippen LogP contribution >= 0.6 is 24.2 Å². The molecule has 0 saturated carbocycles. The van der Waals surface area contributed by atoms with E-state index in [1.54, 1.807) is 4.68 Å². The number of rotatable bonds is 3. The van der Waals surface area contributed by atoms with Gasteiger partial charge < -0.3 is 0 Å². The van der Waals surface area contributed by atoms with Crippen LogP contribution in [0.4, 0.5) is 10.8 Å². The molecule has 6 nitrogen and oxygen atoms in total. The Morgan fingerprint density at radius 2 is 1.90 bits per heavy atom. The molecule has 0 atom stereocenters. The van der Waals surface area contributed by atoms with Gasteiger partial charge in [-0.25, -0.2) is 9.67 Å². The third-order valence-corrected chi connectivity index (χ3v) is 3.74. The van der Waals surface area contributed by atoms with E-state index in [9.17, 15) is 0 Å². The Morgan fingerprint density at radius 1 is 1.14 bits per heavy atom. The Morgan fingerprint density at radius 3 is 2.57 bits per heavy atom. The van der Waals surface area contributed by atoms with Crippen LogP contribution < -0.4 is 0 Å². The van der Waals surface area contributed by atoms with Gasteiger partial charge in [0, 0.05) is 16.4 Å². The van der Waals surface area contributed by atoms with E-state index < -0.39 is 0 Å². The average molecular weight is 316 g/mol. The second-order valence-electron chi connectivity index (χ2n) is 4.38. The summed E-state index contributed by atoms with van der Waals surface area (Å²) in [4.78, 5) is 5.05. The van der Waals surface area contributed by atoms with Gasteiger partial charge in [-0.2, -0.15) is 9.47 Å². The summed E-state index contributed by atoms with van der Waals surface area (Å²) in [6, 6.07) is 7.73. The van der Waals surface area contributed by atoms with E-state index in [1.165, 1.54) is 11.5 Å². The van der Waals surface area contributed by atoms with E-state index in [1.807, 2.05) is 44.3 Å². The summed E-state index contributed by atoms with van der Waals surface area (Å²) >= 11 is 5.49. The predicted molar refractivity (Wildman–Crippen MR) is 84.4 cm³/mol. The zero-order chi connectivity index (χ0) is 14.8. The average Bonchev–Trinajstić information content (AvgIpc) is 3.04. The molecule has 0 fully saturated rings. The lowest BCUT2D eigenvalue weighted by Crippen LogP contribution is -1.93. The molecule has 0 aliphatic heterocycles. The van der Waals surface area contributed by atoms with Gasteiger partial charge in [0.1, 0.15) is 11.5 Å². The molecule has 0 radical (unpaired) electrons. The van der Waals surface area contributed by atoms with Crippen LogP contribution in [0.15, 0.2) is 45.6 Å². The van der Waals surface area contributed by atoms with Crippen LogP contribution in [-0.4, -0.2) is 19.1 Å². The van der Waals surface area contributed by atoms with Crippen LogP contribution in [0.25, 0.3) is 5.69 Å². The van der Waals surface area contributed by atoms with Crippen molar-refractivity contribution in [3.8, 4) is 5.69 Å². The monoisotopic (exact) mass is 316 g/mol. The van der Waals surface area contributed by atoms with Crippen LogP contribution in [0.1, 0.15) is 11.5 Å². The van der Waals surface area contributed by atoms with Crippen molar-refractivity contribution in [1.82, 2.24) is 19.1 Å². The molecule has 0 aliphatic carbocycles. The van der Waals surface area contributed by atoms with E-state index in [4.69, 9.17) is 0 Å². The molecule has 0 amide bonds. The lowest BCUT2D eigenvalue weighted by molar-refractivity contribution is 0.861. The Bertz CT molecular complexity index is 787. The zero-order valence-electron chi connectivity index (χ0n) is 11.4. The van der Waals surface area contributed by atoms with Crippen molar-refractivity contribution in [2.24, 2.45) is 10.2 Å². The summed E-state index contributed by atoms with van der Waals surface area (Å²) in [6.07, 6.45) is 1.83. The van der Waals surface area contributed by atoms with Crippen LogP contribution in [0.2, 0.25) is 0 Å². The standard InChI is InChI=1S/C13H12N6S2/c1-8-12(15-16-13-14-9(2)18-21-13)7-19(17-8)10-3-5-11(20)6-4-10/h3-7,20H,1-2H3. The van der Waals surface area contributed by atoms with E-state index >= 15 is 0 Å². The smallest absolute Gasteiger partial charge is 0.238 e. The first-order chi connectivity index (χ1) is 10.1. The third kappa shape index (κ3) is 3.17. The number of hydrogen-bond donors (Lipinski definition) is 1. The van der Waals surface area contributed by atoms with Gasteiger partial charge in [0.25, 0.3) is 0 Å². The summed E-state index contributed by atoms with van der Waals surface area (Å²) in [5, 5.41) is 13.2. The summed E-state index contributed by atoms with van der Waals surface area (Å²) in [7, 11) is 0. The maximum Gasteiger partial charge on any atom is 0.249 e. The molecule has 0 saturated heterocycles. The number of hydrogen-bond acceptors (Lipinski definition) is 7. The molecule has 2 aromatic heterocycles. The SMILES string of the molecule is Cc1nsc(N=Nc2cn(-c3ccc(S)cc3)nc2C)n1. The van der Waals surface area contributed by atoms with Gasteiger partial charge >= 0.3 is 0 Å². The Labute approximate surface area is 131 Å². The van der Waals surface area contributed by atoms with E-state index in [-0.39, 0.29) is 0 Å². The Balaban J connectivity index is 1.87. The van der Waals surface area contributed by atoms with Gasteiger partial charge in [-0.05, 0) is 38.1 Å². The van der Waals surface area contributed by atoms with Crippen molar-refractivity contribution in [2.75, 3.05) is 0 Å². The zero-order valence-corrected chi connectivity index (χ0v) is 13.1. The Hall–Kier alpha value is -2.06. The number of nitrogens with zero attached hydrogens (tertiary/aromatic N) is 6. The highest BCUT2D eigenvalue weighted by Crippen LogP contribution is 2.23. The highest BCUT2D eigenvalue weighted by Gasteiger charge is 2.06. The normalized spacial score (nSPS) is 11.4. The highest BCUT2D eigenvalue weighted by molar-refractivity contribution is 7.80. The summed E-state index contributed by atoms with van der Waals surface area (Å²) < 4.78 is 5.83. The third-order valence-electron chi connectivity index (χ3n) is 2.75. The summed E-state index contributed by atoms with van der Waals surface area (Å²) in [6.45, 7) is 3.72. The molecule has 0 spiro atoms. The molecule has 0 aliphatic rings. The van der Waals surface area contributed by atoms with Gasteiger partial charge in [-0.1, -0.05) is 0 Å². The second-order valence-corrected chi connectivity index (χ2v) is 5.63. The minimum atomic E-state index is 0.541. The molecule has 106 valence electrons. The number of thiol groups is 1. The van der Waals surface area contributed by atoms with E-state index in [0.29, 0.717) is 16.6 Å². The molecule has 0 N–H and O–H groups in total. The van der Waals surface area contributed by atoms with Crippen molar-refractivity contribution in [2.45, 2.75) is 18.7 Å². The maximum absolute atomic E-state index is 4.43. The molecule has 3 aromatic rings. The molecular formula is C13H12N6S2. The largest absolute Gasteiger partial charge is 0.249 e. The van der Waals surface area contributed by atoms with Gasteiger partial charge in [0.05, 0.1) is 17.6 Å². The minimum Gasteiger partial charge on any atom is -0.238 e. The predicted octanol–water partition coefficient (Wildman–Crippen LogP) is 4.04. The molecule has 0 bridgehead atoms. The van der Waals surface area contributed by atoms with Crippen molar-refractivity contribution in [3.05, 3.63) is 42.0 Å². The number of aryl methyl sites for hydroxylation is 2. The number of aromatic nitrogens is 4. The quantitative estimate of drug-likeness (QED) is 0.585. The highest BCUT2D eigenvalue weighted by atomic mass is 32.1. The Kier molecular flexibility index (Phi) is 3.80. The van der Waals surface area contributed by atoms with Gasteiger partial charge in [0.2, 0.25) is 5.13 Å². The van der Waals surface area contributed by atoms with E-state index in [2.05, 4.69) is 37.3 Å². The lowest BCUT2D eigenvalue weighted by atomic mass is 10.3. The molecular weight excluding hydrogens is 304 g/mol. The number of benzene rings is 1. The maximum atomic E-state index is 4.43. The minimum absolute atomic E-state index is 0.541. The number of azo groups is 1. The summed E-state index contributed by atoms with van der Waals surface area (Å²) in [5.41, 5.74) is 2.46. The van der Waals surface area contributed by atoms with Gasteiger partial charge in [-0.3, -0.25) is 0 Å². The van der Waals surface area contributed by atoms with Crippen LogP contribution in [-0.2, 0) is 0 Å². The van der Waals surface area contributed by atoms with Crippen molar-refractivity contribution in [1.29, 1.82) is 0 Å². The fraction of sp³-hybridized carbons (Fsp3) is 0.154. The topological polar surface area (TPSA) is 68.3 Å². The van der Waals surface area contributed by atoms with Gasteiger partial charge in [-0.15, -0.1) is 22.9 Å². The van der Waals surface area contributed by atoms with E-state index in [0.717, 1.165) is 16.3 Å². The fourth-order valence-electron chi connectivity index (χ4n) is 1.71. The van der Waals surface area contributed by atoms with Crippen molar-refractivity contribution < 1.29 is 0 Å². The fourth-order valence-corrected chi connectivity index (χ4v) is 2.36. The molecule has 8 heteroatoms. The first-order valence-electron chi connectivity index (χ1n) is 6.19. The van der Waals surface area contributed by atoms with Crippen molar-refractivity contribution >= 4 is 35.0 Å². The molecule has 3 rings (SSSR count). The van der Waals surface area contributed by atoms with Gasteiger partial charge in [0.15, 0.2) is 0 Å². The van der Waals surface area contributed by atoms with Crippen LogP contribution in [0, 0.1) is 13.8 Å². The molecule has 2 heterocycles. The molecule has 21 heavy (non-hydrogen) atoms. The van der Waals surface area contributed by atoms with Crippen molar-refractivity contribution in [3.63, 3.8) is 0 Å². The second kappa shape index (κ2) is 5.74. The lowest BCUT2D eigenvalue weighted by Gasteiger charge is -2.00. The molecule has 0 unspecified atom stereocenters. The van der Waals surface area contributed by atoms with Crippen LogP contribution in [0.5, 0.6) is 0 Å². The van der Waals surface area contributed by atoms with Crippen LogP contribution in [0.3, 0.4) is 0 Å². The summed E-state index contributed by atoms with van der Waals surface area (Å²) in [5.74, 6) is 0.702.